The third-order valence-electron chi connectivity index (χ3n) is 9.98. The number of H-pyrrole nitrogens is 2. The Bertz CT molecular complexity index is 2750. The Balaban J connectivity index is 1.51. The molecular formula is C44H22I8N4O4. The van der Waals surface area contributed by atoms with Crippen molar-refractivity contribution in [3.63, 3.8) is 0 Å². The smallest absolute Gasteiger partial charge is 0.142 e. The second-order valence-electron chi connectivity index (χ2n) is 13.7. The minimum absolute atomic E-state index is 0.227. The van der Waals surface area contributed by atoms with E-state index in [4.69, 9.17) is 9.97 Å². The molecule has 0 unspecified atom stereocenters. The second-order valence-corrected chi connectivity index (χ2v) is 23.0. The van der Waals surface area contributed by atoms with Crippen LogP contribution in [0, 0.1) is 28.6 Å². The molecule has 2 aliphatic rings. The quantitative estimate of drug-likeness (QED) is 0.0971. The number of rotatable bonds is 4. The van der Waals surface area contributed by atoms with E-state index in [-0.39, 0.29) is 23.0 Å². The van der Waals surface area contributed by atoms with Crippen LogP contribution in [0.3, 0.4) is 0 Å². The summed E-state index contributed by atoms with van der Waals surface area (Å²) < 4.78 is 5.71. The second kappa shape index (κ2) is 17.5. The number of nitrogens with one attached hydrogen (secondary N) is 2. The van der Waals surface area contributed by atoms with Crippen molar-refractivity contribution in [1.29, 1.82) is 0 Å². The Morgan fingerprint density at radius 3 is 0.683 bits per heavy atom. The van der Waals surface area contributed by atoms with E-state index in [2.05, 4.69) is 191 Å². The maximum atomic E-state index is 10.8. The van der Waals surface area contributed by atoms with E-state index in [0.29, 0.717) is 28.6 Å². The highest BCUT2D eigenvalue weighted by atomic mass is 127. The summed E-state index contributed by atoms with van der Waals surface area (Å²) in [5, 5.41) is 43.4. The van der Waals surface area contributed by atoms with Crippen molar-refractivity contribution >= 4 is 227 Å². The van der Waals surface area contributed by atoms with Gasteiger partial charge in [-0.25, -0.2) is 9.97 Å². The zero-order chi connectivity index (χ0) is 42.3. The monoisotopic (exact) mass is 1690 g/mol. The molecule has 7 aromatic rings. The van der Waals surface area contributed by atoms with E-state index in [1.54, 1.807) is 0 Å². The van der Waals surface area contributed by atoms with Crippen LogP contribution < -0.4 is 0 Å². The standard InChI is InChI=1S/C44H22I8N4O4/c45-21-9-17(10-22(46)41(21)57)37-29-1-2-30(53-29)38(18-11-23(47)42(58)24(48)12-18)32-5-6-34(55-32)40(20-15-27(51)44(60)28(52)16-20)36-8-7-35(56-36)39(33-4-3-31(37)54-33)19-13-25(49)43(59)26(50)14-19/h1-16,53,56-60H. The average Bonchev–Trinajstić information content (AvgIpc) is 4.05. The van der Waals surface area contributed by atoms with Crippen molar-refractivity contribution in [3.05, 3.63) is 124 Å². The molecule has 0 saturated heterocycles. The van der Waals surface area contributed by atoms with Gasteiger partial charge < -0.3 is 30.4 Å². The highest BCUT2D eigenvalue weighted by molar-refractivity contribution is 14.1. The molecule has 0 saturated carbocycles. The minimum atomic E-state index is 0.227. The predicted octanol–water partition coefficient (Wildman–Crippen LogP) is 15.0. The van der Waals surface area contributed by atoms with E-state index in [0.717, 1.165) is 89.4 Å². The normalized spacial score (nSPS) is 12.1. The van der Waals surface area contributed by atoms with Crippen LogP contribution in [-0.2, 0) is 0 Å². The van der Waals surface area contributed by atoms with E-state index >= 15 is 0 Å². The van der Waals surface area contributed by atoms with E-state index in [1.165, 1.54) is 0 Å². The molecule has 298 valence electrons. The van der Waals surface area contributed by atoms with E-state index in [1.807, 2.05) is 97.1 Å². The summed E-state index contributed by atoms with van der Waals surface area (Å²) >= 11 is 17.3. The zero-order valence-electron chi connectivity index (χ0n) is 29.9. The zero-order valence-corrected chi connectivity index (χ0v) is 47.2. The van der Waals surface area contributed by atoms with Gasteiger partial charge in [0.15, 0.2) is 0 Å². The Hall–Kier alpha value is -1.48. The molecular weight excluding hydrogens is 1660 g/mol. The lowest BCUT2D eigenvalue weighted by molar-refractivity contribution is 0.467. The summed E-state index contributed by atoms with van der Waals surface area (Å²) in [6.45, 7) is 0. The molecule has 0 radical (unpaired) electrons. The molecule has 2 aliphatic heterocycles. The van der Waals surface area contributed by atoms with E-state index < -0.39 is 0 Å². The fourth-order valence-electron chi connectivity index (χ4n) is 7.26. The number of aromatic nitrogens is 4. The molecule has 6 N–H and O–H groups in total. The van der Waals surface area contributed by atoms with Gasteiger partial charge in [-0.15, -0.1) is 0 Å². The Morgan fingerprint density at radius 1 is 0.317 bits per heavy atom. The van der Waals surface area contributed by atoms with Crippen molar-refractivity contribution in [2.45, 2.75) is 0 Å². The van der Waals surface area contributed by atoms with Crippen LogP contribution >= 0.6 is 181 Å². The molecule has 9 rings (SSSR count). The molecule has 0 amide bonds. The molecule has 4 aromatic carbocycles. The largest absolute Gasteiger partial charge is 0.506 e. The Morgan fingerprint density at radius 2 is 0.500 bits per heavy atom. The van der Waals surface area contributed by atoms with Gasteiger partial charge in [0.05, 0.1) is 51.3 Å². The van der Waals surface area contributed by atoms with Crippen molar-refractivity contribution < 1.29 is 20.4 Å². The first-order chi connectivity index (χ1) is 28.7. The minimum Gasteiger partial charge on any atom is -0.506 e. The van der Waals surface area contributed by atoms with Crippen LogP contribution in [0.2, 0.25) is 0 Å². The van der Waals surface area contributed by atoms with Gasteiger partial charge in [0, 0.05) is 44.3 Å². The summed E-state index contributed by atoms with van der Waals surface area (Å²) in [6, 6.07) is 23.9. The molecule has 8 nitrogen and oxygen atoms in total. The van der Waals surface area contributed by atoms with Gasteiger partial charge in [-0.05, 0) is 300 Å². The van der Waals surface area contributed by atoms with Gasteiger partial charge in [-0.1, -0.05) is 0 Å². The van der Waals surface area contributed by atoms with Crippen LogP contribution in [0.5, 0.6) is 23.0 Å². The van der Waals surface area contributed by atoms with Crippen LogP contribution in [0.15, 0.2) is 72.8 Å². The number of hydrogen-bond donors (Lipinski definition) is 6. The number of phenols is 4. The first-order valence-electron chi connectivity index (χ1n) is 17.6. The van der Waals surface area contributed by atoms with Gasteiger partial charge in [-0.3, -0.25) is 0 Å². The molecule has 3 aromatic heterocycles. The maximum Gasteiger partial charge on any atom is 0.142 e. The topological polar surface area (TPSA) is 138 Å². The van der Waals surface area contributed by atoms with Gasteiger partial charge in [-0.2, -0.15) is 0 Å². The summed E-state index contributed by atoms with van der Waals surface area (Å²) in [6.07, 6.45) is 8.09. The molecule has 0 fully saturated rings. The fourth-order valence-corrected chi connectivity index (χ4v) is 14.3. The Labute approximate surface area is 451 Å². The summed E-state index contributed by atoms with van der Waals surface area (Å²) in [4.78, 5) is 18.3. The van der Waals surface area contributed by atoms with Gasteiger partial charge in [0.25, 0.3) is 0 Å². The predicted molar refractivity (Wildman–Crippen MR) is 309 cm³/mol. The number of halogens is 8. The van der Waals surface area contributed by atoms with Crippen molar-refractivity contribution in [2.24, 2.45) is 0 Å². The highest BCUT2D eigenvalue weighted by Crippen LogP contribution is 2.43. The van der Waals surface area contributed by atoms with Crippen molar-refractivity contribution in [1.82, 2.24) is 19.9 Å². The summed E-state index contributed by atoms with van der Waals surface area (Å²) in [7, 11) is 0. The third kappa shape index (κ3) is 8.12. The number of aromatic hydroxyl groups is 4. The Kier molecular flexibility index (Phi) is 12.7. The molecule has 16 heteroatoms. The van der Waals surface area contributed by atoms with E-state index in [9.17, 15) is 20.4 Å². The van der Waals surface area contributed by atoms with Gasteiger partial charge in [0.2, 0.25) is 0 Å². The summed E-state index contributed by atoms with van der Waals surface area (Å²) in [5.41, 5.74) is 13.0. The molecule has 8 bridgehead atoms. The van der Waals surface area contributed by atoms with Crippen molar-refractivity contribution in [2.75, 3.05) is 0 Å². The van der Waals surface area contributed by atoms with Crippen LogP contribution in [0.4, 0.5) is 0 Å². The van der Waals surface area contributed by atoms with Crippen LogP contribution in [0.25, 0.3) is 90.9 Å². The molecule has 0 atom stereocenters. The lowest BCUT2D eigenvalue weighted by atomic mass is 10.0. The van der Waals surface area contributed by atoms with Crippen LogP contribution in [-0.4, -0.2) is 40.4 Å². The number of aromatic amines is 2. The number of hydrogen-bond acceptors (Lipinski definition) is 6. The maximum absolute atomic E-state index is 10.8. The van der Waals surface area contributed by atoms with Crippen molar-refractivity contribution in [3.8, 4) is 67.5 Å². The average molecular weight is 1690 g/mol. The first kappa shape index (κ1) is 43.8. The molecule has 60 heavy (non-hydrogen) atoms. The number of nitrogens with zero attached hydrogens (tertiary/aromatic N) is 2. The van der Waals surface area contributed by atoms with Gasteiger partial charge in [0.1, 0.15) is 23.0 Å². The summed E-state index contributed by atoms with van der Waals surface area (Å²) in [5.74, 6) is 0.907. The SMILES string of the molecule is Oc1c(I)cc(-c2c3nc(c(-c4cc(I)c(O)c(I)c4)c4ccc([nH]4)c(-c4cc(I)c(O)c(I)c4)c4nc(c(-c5cc(I)c(O)c(I)c5)c5ccc2[nH]5)C=C4)C=C3)cc1I. The fraction of sp³-hybridized carbons (Fsp3) is 0. The first-order valence-corrected chi connectivity index (χ1v) is 26.2. The van der Waals surface area contributed by atoms with Crippen LogP contribution in [0.1, 0.15) is 22.8 Å². The molecule has 0 spiro atoms. The third-order valence-corrected chi connectivity index (χ3v) is 16.6. The molecule has 0 aliphatic carbocycles. The highest BCUT2D eigenvalue weighted by Gasteiger charge is 2.22. The van der Waals surface area contributed by atoms with Gasteiger partial charge >= 0.3 is 0 Å². The number of fused-ring (bicyclic) bond motifs is 8. The number of phenolic OH excluding ortho intramolecular Hbond substituents is 4. The molecule has 5 heterocycles. The number of benzene rings is 4. The lowest BCUT2D eigenvalue weighted by Crippen LogP contribution is -1.92. The lowest BCUT2D eigenvalue weighted by Gasteiger charge is -2.10.